The molecule has 1 saturated carbocycles. The Labute approximate surface area is 120 Å². The fraction of sp³-hybridized carbons (Fsp3) is 0.800. The number of imidazole rings is 1. The van der Waals surface area contributed by atoms with Crippen LogP contribution in [0.3, 0.4) is 0 Å². The summed E-state index contributed by atoms with van der Waals surface area (Å²) in [6, 6.07) is 0.682. The Balaban J connectivity index is 1.82. The molecular formula is C15H25N3S. The van der Waals surface area contributed by atoms with Crippen molar-refractivity contribution >= 4 is 11.8 Å². The molecule has 0 aromatic carbocycles. The summed E-state index contributed by atoms with van der Waals surface area (Å²) in [6.07, 6.45) is 12.9. The van der Waals surface area contributed by atoms with Gasteiger partial charge in [0.05, 0.1) is 6.33 Å². The standard InChI is InChI=1S/C15H25N3S/c1-15(5-7-16-8-6-15)14-10-17-11-18(14)12-3-4-13(9-12)19-2/h10-13,16H,3-9H2,1-2H3. The summed E-state index contributed by atoms with van der Waals surface area (Å²) in [4.78, 5) is 4.47. The van der Waals surface area contributed by atoms with E-state index in [-0.39, 0.29) is 0 Å². The first kappa shape index (κ1) is 13.5. The number of rotatable bonds is 3. The molecule has 0 radical (unpaired) electrons. The monoisotopic (exact) mass is 279 g/mol. The van der Waals surface area contributed by atoms with Crippen molar-refractivity contribution in [3.05, 3.63) is 18.2 Å². The minimum atomic E-state index is 0.319. The van der Waals surface area contributed by atoms with E-state index >= 15 is 0 Å². The second kappa shape index (κ2) is 5.49. The highest BCUT2D eigenvalue weighted by molar-refractivity contribution is 7.99. The van der Waals surface area contributed by atoms with Crippen LogP contribution in [0.15, 0.2) is 12.5 Å². The van der Waals surface area contributed by atoms with Crippen LogP contribution >= 0.6 is 11.8 Å². The van der Waals surface area contributed by atoms with Crippen molar-refractivity contribution in [1.29, 1.82) is 0 Å². The highest BCUT2D eigenvalue weighted by Crippen LogP contribution is 2.40. The van der Waals surface area contributed by atoms with Gasteiger partial charge in [-0.25, -0.2) is 4.98 Å². The summed E-state index contributed by atoms with van der Waals surface area (Å²) in [5.41, 5.74) is 1.79. The minimum Gasteiger partial charge on any atom is -0.331 e. The van der Waals surface area contributed by atoms with Gasteiger partial charge in [-0.1, -0.05) is 6.92 Å². The Morgan fingerprint density at radius 3 is 2.84 bits per heavy atom. The predicted octanol–water partition coefficient (Wildman–Crippen LogP) is 2.98. The van der Waals surface area contributed by atoms with E-state index in [4.69, 9.17) is 0 Å². The largest absolute Gasteiger partial charge is 0.331 e. The first-order chi connectivity index (χ1) is 9.23. The van der Waals surface area contributed by atoms with Gasteiger partial charge in [0.1, 0.15) is 0 Å². The molecule has 1 N–H and O–H groups in total. The summed E-state index contributed by atoms with van der Waals surface area (Å²) >= 11 is 2.03. The number of aromatic nitrogens is 2. The van der Waals surface area contributed by atoms with Gasteiger partial charge in [-0.15, -0.1) is 0 Å². The van der Waals surface area contributed by atoms with Crippen LogP contribution in [0.25, 0.3) is 0 Å². The predicted molar refractivity (Wildman–Crippen MR) is 81.9 cm³/mol. The van der Waals surface area contributed by atoms with Crippen LogP contribution in [-0.2, 0) is 5.41 Å². The van der Waals surface area contributed by atoms with Gasteiger partial charge in [-0.3, -0.25) is 0 Å². The topological polar surface area (TPSA) is 29.9 Å². The molecule has 1 aromatic rings. The second-order valence-electron chi connectivity index (χ2n) is 6.32. The number of hydrogen-bond donors (Lipinski definition) is 1. The molecule has 3 rings (SSSR count). The summed E-state index contributed by atoms with van der Waals surface area (Å²) in [7, 11) is 0. The van der Waals surface area contributed by atoms with Crippen LogP contribution < -0.4 is 5.32 Å². The zero-order valence-electron chi connectivity index (χ0n) is 12.1. The Morgan fingerprint density at radius 1 is 1.37 bits per heavy atom. The highest BCUT2D eigenvalue weighted by atomic mass is 32.2. The molecule has 0 amide bonds. The van der Waals surface area contributed by atoms with Crippen LogP contribution in [0.5, 0.6) is 0 Å². The molecule has 1 aromatic heterocycles. The Hall–Kier alpha value is -0.480. The van der Waals surface area contributed by atoms with Crippen molar-refractivity contribution in [2.24, 2.45) is 0 Å². The van der Waals surface area contributed by atoms with E-state index in [9.17, 15) is 0 Å². The summed E-state index contributed by atoms with van der Waals surface area (Å²) < 4.78 is 2.50. The van der Waals surface area contributed by atoms with E-state index in [0.29, 0.717) is 11.5 Å². The lowest BCUT2D eigenvalue weighted by atomic mass is 9.78. The molecule has 2 atom stereocenters. The van der Waals surface area contributed by atoms with E-state index in [0.717, 1.165) is 18.3 Å². The molecule has 1 saturated heterocycles. The SMILES string of the molecule is CSC1CCC(n2cncc2C2(C)CCNCC2)C1. The lowest BCUT2D eigenvalue weighted by Gasteiger charge is -2.35. The molecule has 2 aliphatic rings. The normalized spacial score (nSPS) is 30.6. The van der Waals surface area contributed by atoms with Crippen LogP contribution in [0.4, 0.5) is 0 Å². The smallest absolute Gasteiger partial charge is 0.0950 e. The molecule has 0 spiro atoms. The van der Waals surface area contributed by atoms with Crippen molar-refractivity contribution in [2.45, 2.75) is 55.7 Å². The summed E-state index contributed by atoms with van der Waals surface area (Å²) in [5, 5.41) is 4.32. The Kier molecular flexibility index (Phi) is 3.90. The molecule has 106 valence electrons. The van der Waals surface area contributed by atoms with Gasteiger partial charge in [0, 0.05) is 28.6 Å². The van der Waals surface area contributed by atoms with Crippen molar-refractivity contribution < 1.29 is 0 Å². The van der Waals surface area contributed by atoms with Gasteiger partial charge in [0.15, 0.2) is 0 Å². The van der Waals surface area contributed by atoms with E-state index in [1.807, 2.05) is 11.8 Å². The molecule has 3 nitrogen and oxygen atoms in total. The Bertz CT molecular complexity index is 423. The quantitative estimate of drug-likeness (QED) is 0.922. The lowest BCUT2D eigenvalue weighted by molar-refractivity contribution is 0.308. The Morgan fingerprint density at radius 2 is 2.16 bits per heavy atom. The average Bonchev–Trinajstić information content (AvgIpc) is 3.08. The van der Waals surface area contributed by atoms with Crippen LogP contribution in [0, 0.1) is 0 Å². The number of nitrogens with one attached hydrogen (secondary N) is 1. The second-order valence-corrected chi connectivity index (χ2v) is 7.46. The first-order valence-electron chi connectivity index (χ1n) is 7.49. The number of nitrogens with zero attached hydrogens (tertiary/aromatic N) is 2. The van der Waals surface area contributed by atoms with Gasteiger partial charge in [0.25, 0.3) is 0 Å². The van der Waals surface area contributed by atoms with Gasteiger partial charge in [0.2, 0.25) is 0 Å². The maximum atomic E-state index is 4.47. The zero-order chi connectivity index (χ0) is 13.3. The third kappa shape index (κ3) is 2.57. The van der Waals surface area contributed by atoms with Crippen molar-refractivity contribution in [1.82, 2.24) is 14.9 Å². The zero-order valence-corrected chi connectivity index (χ0v) is 12.9. The number of piperidine rings is 1. The van der Waals surface area contributed by atoms with Crippen molar-refractivity contribution in [2.75, 3.05) is 19.3 Å². The number of thioether (sulfide) groups is 1. The summed E-state index contributed by atoms with van der Waals surface area (Å²) in [6.45, 7) is 4.70. The highest BCUT2D eigenvalue weighted by Gasteiger charge is 2.34. The molecule has 0 bridgehead atoms. The van der Waals surface area contributed by atoms with Gasteiger partial charge in [-0.2, -0.15) is 11.8 Å². The van der Waals surface area contributed by atoms with E-state index in [2.05, 4.69) is 40.6 Å². The minimum absolute atomic E-state index is 0.319. The van der Waals surface area contributed by atoms with Crippen molar-refractivity contribution in [3.8, 4) is 0 Å². The first-order valence-corrected chi connectivity index (χ1v) is 8.77. The van der Waals surface area contributed by atoms with Crippen molar-refractivity contribution in [3.63, 3.8) is 0 Å². The third-order valence-electron chi connectivity index (χ3n) is 5.08. The molecule has 1 aliphatic carbocycles. The average molecular weight is 279 g/mol. The lowest BCUT2D eigenvalue weighted by Crippen LogP contribution is -2.39. The maximum absolute atomic E-state index is 4.47. The maximum Gasteiger partial charge on any atom is 0.0950 e. The molecule has 2 fully saturated rings. The van der Waals surface area contributed by atoms with Crippen LogP contribution in [0.2, 0.25) is 0 Å². The van der Waals surface area contributed by atoms with Gasteiger partial charge >= 0.3 is 0 Å². The molecule has 1 aliphatic heterocycles. The fourth-order valence-electron chi connectivity index (χ4n) is 3.68. The van der Waals surface area contributed by atoms with E-state index < -0.39 is 0 Å². The molecule has 2 unspecified atom stereocenters. The molecular weight excluding hydrogens is 254 g/mol. The third-order valence-corrected chi connectivity index (χ3v) is 6.17. The number of hydrogen-bond acceptors (Lipinski definition) is 3. The molecule has 19 heavy (non-hydrogen) atoms. The summed E-state index contributed by atoms with van der Waals surface area (Å²) in [5.74, 6) is 0. The fourth-order valence-corrected chi connectivity index (χ4v) is 4.47. The van der Waals surface area contributed by atoms with Gasteiger partial charge < -0.3 is 9.88 Å². The van der Waals surface area contributed by atoms with Crippen LogP contribution in [-0.4, -0.2) is 34.1 Å². The molecule has 4 heteroatoms. The van der Waals surface area contributed by atoms with Gasteiger partial charge in [-0.05, 0) is 51.4 Å². The van der Waals surface area contributed by atoms with Crippen LogP contribution in [0.1, 0.15) is 50.8 Å². The molecule has 2 heterocycles. The van der Waals surface area contributed by atoms with E-state index in [1.54, 1.807) is 0 Å². The van der Waals surface area contributed by atoms with E-state index in [1.165, 1.54) is 37.8 Å².